The monoisotopic (exact) mass is 303 g/mol. The topological polar surface area (TPSA) is 85.3 Å². The summed E-state index contributed by atoms with van der Waals surface area (Å²) in [6, 6.07) is 1.94. The summed E-state index contributed by atoms with van der Waals surface area (Å²) in [4.78, 5) is 17.1. The summed E-state index contributed by atoms with van der Waals surface area (Å²) in [7, 11) is 0. The van der Waals surface area contributed by atoms with Crippen molar-refractivity contribution in [1.29, 1.82) is 0 Å². The number of fused-ring (bicyclic) bond motifs is 1. The van der Waals surface area contributed by atoms with E-state index in [0.29, 0.717) is 23.4 Å². The molecule has 0 unspecified atom stereocenters. The molecule has 22 heavy (non-hydrogen) atoms. The van der Waals surface area contributed by atoms with Crippen LogP contribution in [-0.4, -0.2) is 32.6 Å². The van der Waals surface area contributed by atoms with Crippen LogP contribution in [0.25, 0.3) is 5.65 Å². The fourth-order valence-corrected chi connectivity index (χ4v) is 2.54. The van der Waals surface area contributed by atoms with Crippen LogP contribution in [0.4, 0.5) is 0 Å². The van der Waals surface area contributed by atoms with Crippen molar-refractivity contribution in [3.8, 4) is 0 Å². The Morgan fingerprint density at radius 3 is 2.55 bits per heavy atom. The molecule has 2 heterocycles. The Kier molecular flexibility index (Phi) is 4.51. The van der Waals surface area contributed by atoms with Gasteiger partial charge >= 0.3 is 0 Å². The number of aromatic nitrogens is 3. The fourth-order valence-electron chi connectivity index (χ4n) is 2.54. The third kappa shape index (κ3) is 2.97. The predicted octanol–water partition coefficient (Wildman–Crippen LogP) is 1.90. The van der Waals surface area contributed by atoms with Crippen LogP contribution in [-0.2, 0) is 0 Å². The summed E-state index contributed by atoms with van der Waals surface area (Å²) in [5, 5.41) is 7.36. The molecular weight excluding hydrogens is 278 g/mol. The van der Waals surface area contributed by atoms with Crippen LogP contribution in [0.3, 0.4) is 0 Å². The van der Waals surface area contributed by atoms with Gasteiger partial charge in [-0.25, -0.2) is 9.50 Å². The van der Waals surface area contributed by atoms with E-state index in [2.05, 4.69) is 15.4 Å². The number of aryl methyl sites for hydroxylation is 3. The highest BCUT2D eigenvalue weighted by Gasteiger charge is 2.24. The summed E-state index contributed by atoms with van der Waals surface area (Å²) in [6.45, 7) is 10.2. The molecule has 0 radical (unpaired) electrons. The van der Waals surface area contributed by atoms with Gasteiger partial charge in [-0.15, -0.1) is 0 Å². The van der Waals surface area contributed by atoms with E-state index in [1.54, 1.807) is 4.52 Å². The highest BCUT2D eigenvalue weighted by molar-refractivity contribution is 6.01. The van der Waals surface area contributed by atoms with E-state index in [4.69, 9.17) is 5.73 Å². The van der Waals surface area contributed by atoms with Crippen molar-refractivity contribution < 1.29 is 4.79 Å². The predicted molar refractivity (Wildman–Crippen MR) is 87.0 cm³/mol. The van der Waals surface area contributed by atoms with Gasteiger partial charge in [0.05, 0.1) is 5.69 Å². The van der Waals surface area contributed by atoms with E-state index in [0.717, 1.165) is 24.2 Å². The molecule has 2 rings (SSSR count). The Morgan fingerprint density at radius 1 is 1.32 bits per heavy atom. The molecule has 120 valence electrons. The molecule has 0 fully saturated rings. The number of hydrogen-bond acceptors (Lipinski definition) is 4. The smallest absolute Gasteiger partial charge is 0.257 e. The van der Waals surface area contributed by atoms with Gasteiger partial charge in [0.15, 0.2) is 5.65 Å². The first-order valence-electron chi connectivity index (χ1n) is 7.72. The SMILES string of the molecule is CCC(N)(CC)CNC(=O)c1c(C)nn2c(C)cc(C)nc12. The molecule has 0 aliphatic carbocycles. The molecule has 1 amide bonds. The largest absolute Gasteiger partial charge is 0.350 e. The molecule has 6 nitrogen and oxygen atoms in total. The Labute approximate surface area is 131 Å². The molecular formula is C16H25N5O. The van der Waals surface area contributed by atoms with E-state index in [1.807, 2.05) is 40.7 Å². The molecule has 2 aromatic rings. The molecule has 6 heteroatoms. The highest BCUT2D eigenvalue weighted by atomic mass is 16.1. The summed E-state index contributed by atoms with van der Waals surface area (Å²) in [5.41, 5.74) is 9.51. The molecule has 0 atom stereocenters. The fraction of sp³-hybridized carbons (Fsp3) is 0.562. The molecule has 2 aromatic heterocycles. The van der Waals surface area contributed by atoms with Gasteiger partial charge in [0.2, 0.25) is 0 Å². The molecule has 0 aliphatic heterocycles. The number of nitrogens with two attached hydrogens (primary N) is 1. The Morgan fingerprint density at radius 2 is 1.95 bits per heavy atom. The molecule has 0 spiro atoms. The van der Waals surface area contributed by atoms with Crippen molar-refractivity contribution in [2.24, 2.45) is 5.73 Å². The molecule has 0 bridgehead atoms. The van der Waals surface area contributed by atoms with Crippen molar-refractivity contribution in [3.05, 3.63) is 28.7 Å². The van der Waals surface area contributed by atoms with E-state index < -0.39 is 0 Å². The number of nitrogens with zero attached hydrogens (tertiary/aromatic N) is 3. The van der Waals surface area contributed by atoms with Gasteiger partial charge in [-0.1, -0.05) is 13.8 Å². The van der Waals surface area contributed by atoms with E-state index in [1.165, 1.54) is 0 Å². The average Bonchev–Trinajstić information content (AvgIpc) is 2.81. The van der Waals surface area contributed by atoms with Crippen LogP contribution in [0.1, 0.15) is 54.1 Å². The molecule has 0 saturated carbocycles. The van der Waals surface area contributed by atoms with Gasteiger partial charge in [0, 0.05) is 23.5 Å². The van der Waals surface area contributed by atoms with Gasteiger partial charge in [0.25, 0.3) is 5.91 Å². The normalized spacial score (nSPS) is 11.9. The maximum Gasteiger partial charge on any atom is 0.257 e. The highest BCUT2D eigenvalue weighted by Crippen LogP contribution is 2.17. The zero-order valence-corrected chi connectivity index (χ0v) is 14.0. The summed E-state index contributed by atoms with van der Waals surface area (Å²) < 4.78 is 1.71. The van der Waals surface area contributed by atoms with E-state index >= 15 is 0 Å². The Balaban J connectivity index is 2.34. The Hall–Kier alpha value is -1.95. The van der Waals surface area contributed by atoms with Gasteiger partial charge in [-0.05, 0) is 39.7 Å². The summed E-state index contributed by atoms with van der Waals surface area (Å²) in [5.74, 6) is -0.165. The molecule has 3 N–H and O–H groups in total. The van der Waals surface area contributed by atoms with Crippen molar-refractivity contribution in [1.82, 2.24) is 19.9 Å². The number of nitrogens with one attached hydrogen (secondary N) is 1. The minimum atomic E-state index is -0.369. The van der Waals surface area contributed by atoms with E-state index in [9.17, 15) is 4.79 Å². The number of hydrogen-bond donors (Lipinski definition) is 2. The molecule has 0 aliphatic rings. The lowest BCUT2D eigenvalue weighted by Gasteiger charge is -2.26. The van der Waals surface area contributed by atoms with E-state index in [-0.39, 0.29) is 11.4 Å². The van der Waals surface area contributed by atoms with Crippen LogP contribution in [0.5, 0.6) is 0 Å². The molecule has 0 saturated heterocycles. The van der Waals surface area contributed by atoms with Crippen LogP contribution >= 0.6 is 0 Å². The second-order valence-corrected chi connectivity index (χ2v) is 5.99. The van der Waals surface area contributed by atoms with Crippen LogP contribution in [0.15, 0.2) is 6.07 Å². The lowest BCUT2D eigenvalue weighted by molar-refractivity contribution is 0.0943. The van der Waals surface area contributed by atoms with Crippen LogP contribution in [0, 0.1) is 20.8 Å². The van der Waals surface area contributed by atoms with Gasteiger partial charge in [-0.2, -0.15) is 5.10 Å². The third-order valence-electron chi connectivity index (χ3n) is 4.31. The van der Waals surface area contributed by atoms with Crippen molar-refractivity contribution in [2.75, 3.05) is 6.54 Å². The maximum absolute atomic E-state index is 12.6. The maximum atomic E-state index is 12.6. The summed E-state index contributed by atoms with van der Waals surface area (Å²) in [6.07, 6.45) is 1.63. The number of amides is 1. The lowest BCUT2D eigenvalue weighted by atomic mass is 9.94. The first-order valence-corrected chi connectivity index (χ1v) is 7.72. The zero-order valence-electron chi connectivity index (χ0n) is 14.0. The first kappa shape index (κ1) is 16.4. The van der Waals surface area contributed by atoms with Crippen molar-refractivity contribution >= 4 is 11.6 Å². The minimum absolute atomic E-state index is 0.165. The second-order valence-electron chi connectivity index (χ2n) is 5.99. The van der Waals surface area contributed by atoms with Gasteiger partial charge in [-0.3, -0.25) is 4.79 Å². The standard InChI is InChI=1S/C16H25N5O/c1-6-16(17,7-2)9-18-15(22)13-12(5)20-21-11(4)8-10(3)19-14(13)21/h8H,6-7,9,17H2,1-5H3,(H,18,22). The minimum Gasteiger partial charge on any atom is -0.350 e. The Bertz CT molecular complexity index is 700. The zero-order chi connectivity index (χ0) is 16.5. The number of carbonyl (C=O) groups is 1. The van der Waals surface area contributed by atoms with Crippen molar-refractivity contribution in [2.45, 2.75) is 53.0 Å². The third-order valence-corrected chi connectivity index (χ3v) is 4.31. The first-order chi connectivity index (χ1) is 10.3. The summed E-state index contributed by atoms with van der Waals surface area (Å²) >= 11 is 0. The van der Waals surface area contributed by atoms with Crippen LogP contribution in [0.2, 0.25) is 0 Å². The van der Waals surface area contributed by atoms with Crippen LogP contribution < -0.4 is 11.1 Å². The van der Waals surface area contributed by atoms with Crippen molar-refractivity contribution in [3.63, 3.8) is 0 Å². The number of rotatable bonds is 5. The quantitative estimate of drug-likeness (QED) is 0.883. The average molecular weight is 303 g/mol. The van der Waals surface area contributed by atoms with Gasteiger partial charge < -0.3 is 11.1 Å². The number of carbonyl (C=O) groups excluding carboxylic acids is 1. The lowest BCUT2D eigenvalue weighted by Crippen LogP contribution is -2.49. The van der Waals surface area contributed by atoms with Gasteiger partial charge in [0.1, 0.15) is 5.56 Å². The second kappa shape index (κ2) is 6.04. The molecule has 0 aromatic carbocycles.